The number of rotatable bonds is 5. The first kappa shape index (κ1) is 21.1. The molecular formula is C24H16ClF2NO2. The summed E-state index contributed by atoms with van der Waals surface area (Å²) in [6.45, 7) is 0. The van der Waals surface area contributed by atoms with E-state index in [2.05, 4.69) is 5.32 Å². The zero-order valence-corrected chi connectivity index (χ0v) is 16.4. The van der Waals surface area contributed by atoms with E-state index in [0.717, 1.165) is 17.7 Å². The van der Waals surface area contributed by atoms with Gasteiger partial charge in [-0.2, -0.15) is 0 Å². The third-order valence-electron chi connectivity index (χ3n) is 4.11. The lowest BCUT2D eigenvalue weighted by molar-refractivity contribution is -0.124. The number of benzene rings is 3. The van der Waals surface area contributed by atoms with E-state index in [1.807, 2.05) is 18.2 Å². The van der Waals surface area contributed by atoms with E-state index >= 15 is 0 Å². The second-order valence-electron chi connectivity index (χ2n) is 6.30. The number of carbonyl (C=O) groups is 2. The Kier molecular flexibility index (Phi) is 6.88. The smallest absolute Gasteiger partial charge is 0.258 e. The Labute approximate surface area is 177 Å². The Bertz CT molecular complexity index is 1120. The molecule has 0 aliphatic heterocycles. The zero-order chi connectivity index (χ0) is 21.5. The largest absolute Gasteiger partial charge is 0.289 e. The van der Waals surface area contributed by atoms with Gasteiger partial charge in [-0.05, 0) is 47.5 Å². The summed E-state index contributed by atoms with van der Waals surface area (Å²) in [5.74, 6) is -3.19. The lowest BCUT2D eigenvalue weighted by Crippen LogP contribution is -2.29. The van der Waals surface area contributed by atoms with Crippen molar-refractivity contribution in [1.82, 2.24) is 5.32 Å². The summed E-state index contributed by atoms with van der Waals surface area (Å²) >= 11 is 5.87. The van der Waals surface area contributed by atoms with E-state index in [0.29, 0.717) is 16.7 Å². The normalized spacial score (nSPS) is 11.5. The molecule has 0 saturated heterocycles. The first-order valence-corrected chi connectivity index (χ1v) is 9.31. The molecule has 150 valence electrons. The average molecular weight is 424 g/mol. The number of carbonyl (C=O) groups excluding carboxylic acids is 2. The second kappa shape index (κ2) is 9.76. The summed E-state index contributed by atoms with van der Waals surface area (Å²) in [6.07, 6.45) is 4.15. The minimum Gasteiger partial charge on any atom is -0.289 e. The molecule has 0 atom stereocenters. The van der Waals surface area contributed by atoms with E-state index < -0.39 is 23.4 Å². The monoisotopic (exact) mass is 423 g/mol. The molecule has 2 amide bonds. The molecule has 0 aliphatic rings. The maximum absolute atomic E-state index is 14.4. The fourth-order valence-corrected chi connectivity index (χ4v) is 2.78. The third-order valence-corrected chi connectivity index (χ3v) is 4.36. The molecule has 3 aromatic rings. The van der Waals surface area contributed by atoms with Gasteiger partial charge in [-0.15, -0.1) is 0 Å². The Morgan fingerprint density at radius 2 is 1.57 bits per heavy atom. The van der Waals surface area contributed by atoms with Crippen LogP contribution in [0.4, 0.5) is 8.78 Å². The Balaban J connectivity index is 1.89. The summed E-state index contributed by atoms with van der Waals surface area (Å²) in [7, 11) is 0. The highest BCUT2D eigenvalue weighted by Crippen LogP contribution is 2.23. The van der Waals surface area contributed by atoms with Gasteiger partial charge in [0.05, 0.1) is 5.57 Å². The Hall–Kier alpha value is -3.57. The Morgan fingerprint density at radius 1 is 0.867 bits per heavy atom. The molecule has 0 aliphatic carbocycles. The average Bonchev–Trinajstić information content (AvgIpc) is 2.73. The molecule has 0 saturated carbocycles. The van der Waals surface area contributed by atoms with Crippen molar-refractivity contribution in [3.8, 4) is 0 Å². The minimum absolute atomic E-state index is 0.128. The van der Waals surface area contributed by atoms with E-state index in [1.54, 1.807) is 42.5 Å². The number of hydrogen-bond acceptors (Lipinski definition) is 2. The third kappa shape index (κ3) is 5.72. The molecule has 0 spiro atoms. The number of imide groups is 1. The quantitative estimate of drug-likeness (QED) is 0.434. The van der Waals surface area contributed by atoms with Gasteiger partial charge in [-0.1, -0.05) is 54.1 Å². The van der Waals surface area contributed by atoms with Gasteiger partial charge in [-0.3, -0.25) is 14.9 Å². The molecule has 6 heteroatoms. The first-order chi connectivity index (χ1) is 14.4. The highest BCUT2D eigenvalue weighted by atomic mass is 35.5. The van der Waals surface area contributed by atoms with E-state index in [1.165, 1.54) is 12.2 Å². The standard InChI is InChI=1S/C24H16ClF2NO2/c25-18-9-6-17(7-10-18)14-21(20-12-11-19(26)15-22(20)27)24(30)28-23(29)13-8-16-4-2-1-3-5-16/h1-15H,(H,28,29,30)/b13-8+,21-14+. The molecule has 0 aromatic heterocycles. The summed E-state index contributed by atoms with van der Waals surface area (Å²) in [4.78, 5) is 24.9. The molecule has 3 nitrogen and oxygen atoms in total. The van der Waals surface area contributed by atoms with Crippen LogP contribution < -0.4 is 5.32 Å². The van der Waals surface area contributed by atoms with Crippen molar-refractivity contribution in [2.75, 3.05) is 0 Å². The SMILES string of the molecule is O=C(/C=C/c1ccccc1)NC(=O)/C(=C/c1ccc(Cl)cc1)c1ccc(F)cc1F. The van der Waals surface area contributed by atoms with Crippen molar-refractivity contribution in [2.45, 2.75) is 0 Å². The van der Waals surface area contributed by atoms with Crippen LogP contribution in [0.25, 0.3) is 17.7 Å². The Morgan fingerprint density at radius 3 is 2.23 bits per heavy atom. The van der Waals surface area contributed by atoms with Crippen LogP contribution in [0.2, 0.25) is 5.02 Å². The van der Waals surface area contributed by atoms with Gasteiger partial charge in [0.15, 0.2) is 0 Å². The van der Waals surface area contributed by atoms with Gasteiger partial charge < -0.3 is 0 Å². The van der Waals surface area contributed by atoms with Crippen LogP contribution in [0.1, 0.15) is 16.7 Å². The second-order valence-corrected chi connectivity index (χ2v) is 6.73. The summed E-state index contributed by atoms with van der Waals surface area (Å²) in [5, 5.41) is 2.70. The van der Waals surface area contributed by atoms with Gasteiger partial charge in [0.2, 0.25) is 0 Å². The fraction of sp³-hybridized carbons (Fsp3) is 0. The van der Waals surface area contributed by atoms with Crippen molar-refractivity contribution in [2.24, 2.45) is 0 Å². The predicted molar refractivity (Wildman–Crippen MR) is 114 cm³/mol. The molecule has 3 aromatic carbocycles. The topological polar surface area (TPSA) is 46.2 Å². The van der Waals surface area contributed by atoms with Crippen LogP contribution in [0.5, 0.6) is 0 Å². The zero-order valence-electron chi connectivity index (χ0n) is 15.6. The van der Waals surface area contributed by atoms with Crippen molar-refractivity contribution in [3.05, 3.63) is 112 Å². The number of amides is 2. The van der Waals surface area contributed by atoms with Crippen molar-refractivity contribution >= 4 is 41.1 Å². The van der Waals surface area contributed by atoms with E-state index in [-0.39, 0.29) is 11.1 Å². The van der Waals surface area contributed by atoms with Crippen LogP contribution in [0.15, 0.2) is 78.9 Å². The van der Waals surface area contributed by atoms with E-state index in [4.69, 9.17) is 11.6 Å². The summed E-state index contributed by atoms with van der Waals surface area (Å²) < 4.78 is 27.7. The molecule has 0 heterocycles. The highest BCUT2D eigenvalue weighted by molar-refractivity contribution is 6.31. The van der Waals surface area contributed by atoms with Crippen LogP contribution in [0.3, 0.4) is 0 Å². The van der Waals surface area contributed by atoms with E-state index in [9.17, 15) is 18.4 Å². The lowest BCUT2D eigenvalue weighted by Gasteiger charge is -2.09. The molecule has 0 fully saturated rings. The molecule has 0 unspecified atom stereocenters. The predicted octanol–water partition coefficient (Wildman–Crippen LogP) is 5.52. The highest BCUT2D eigenvalue weighted by Gasteiger charge is 2.18. The fourth-order valence-electron chi connectivity index (χ4n) is 2.66. The van der Waals surface area contributed by atoms with Crippen LogP contribution in [-0.2, 0) is 9.59 Å². The maximum Gasteiger partial charge on any atom is 0.258 e. The van der Waals surface area contributed by atoms with Crippen molar-refractivity contribution in [1.29, 1.82) is 0 Å². The molecule has 0 bridgehead atoms. The van der Waals surface area contributed by atoms with Crippen LogP contribution in [-0.4, -0.2) is 11.8 Å². The van der Waals surface area contributed by atoms with Crippen molar-refractivity contribution < 1.29 is 18.4 Å². The summed E-state index contributed by atoms with van der Waals surface area (Å²) in [5.41, 5.74) is 1.07. The lowest BCUT2D eigenvalue weighted by atomic mass is 10.0. The molecule has 30 heavy (non-hydrogen) atoms. The van der Waals surface area contributed by atoms with Crippen LogP contribution in [0, 0.1) is 11.6 Å². The van der Waals surface area contributed by atoms with Crippen LogP contribution >= 0.6 is 11.6 Å². The van der Waals surface area contributed by atoms with Gasteiger partial charge in [-0.25, -0.2) is 8.78 Å². The van der Waals surface area contributed by atoms with Gasteiger partial charge >= 0.3 is 0 Å². The summed E-state index contributed by atoms with van der Waals surface area (Å²) in [6, 6.07) is 18.4. The maximum atomic E-state index is 14.4. The molecular weight excluding hydrogens is 408 g/mol. The van der Waals surface area contributed by atoms with Gasteiger partial charge in [0.1, 0.15) is 11.6 Å². The first-order valence-electron chi connectivity index (χ1n) is 8.93. The number of halogens is 3. The number of nitrogens with one attached hydrogen (secondary N) is 1. The molecule has 0 radical (unpaired) electrons. The van der Waals surface area contributed by atoms with Gasteiger partial charge in [0.25, 0.3) is 11.8 Å². The van der Waals surface area contributed by atoms with Crippen molar-refractivity contribution in [3.63, 3.8) is 0 Å². The molecule has 1 N–H and O–H groups in total. The minimum atomic E-state index is -0.919. The molecule has 3 rings (SSSR count). The number of hydrogen-bond donors (Lipinski definition) is 1. The van der Waals surface area contributed by atoms with Gasteiger partial charge in [0, 0.05) is 22.7 Å².